The molecule has 1 aliphatic heterocycles. The van der Waals surface area contributed by atoms with Crippen molar-refractivity contribution in [1.82, 2.24) is 20.6 Å². The number of carbonyl (C=O) groups is 2. The molecule has 10 nitrogen and oxygen atoms in total. The maximum absolute atomic E-state index is 12.6. The predicted octanol–water partition coefficient (Wildman–Crippen LogP) is 2.88. The summed E-state index contributed by atoms with van der Waals surface area (Å²) < 4.78 is 10.7. The second-order valence-corrected chi connectivity index (χ2v) is 9.14. The zero-order valence-electron chi connectivity index (χ0n) is 20.3. The number of piperidine rings is 1. The second-order valence-electron chi connectivity index (χ2n) is 9.14. The molecule has 1 aromatic carbocycles. The molecule has 3 rings (SSSR count). The van der Waals surface area contributed by atoms with Gasteiger partial charge in [-0.2, -0.15) is 4.98 Å². The lowest BCUT2D eigenvalue weighted by Gasteiger charge is -2.32. The molecule has 0 saturated carbocycles. The summed E-state index contributed by atoms with van der Waals surface area (Å²) in [6.07, 6.45) is 2.50. The number of nitrogens with one attached hydrogen (secondary N) is 2. The number of nitrogens with two attached hydrogens (primary N) is 1. The molecule has 10 heteroatoms. The van der Waals surface area contributed by atoms with Crippen LogP contribution in [-0.2, 0) is 11.3 Å². The number of benzene rings is 1. The maximum atomic E-state index is 12.6. The highest BCUT2D eigenvalue weighted by molar-refractivity contribution is 5.98. The van der Waals surface area contributed by atoms with E-state index in [1.54, 1.807) is 0 Å². The molecule has 0 bridgehead atoms. The number of amides is 2. The van der Waals surface area contributed by atoms with E-state index in [2.05, 4.69) is 20.6 Å². The van der Waals surface area contributed by atoms with Gasteiger partial charge in [0, 0.05) is 31.9 Å². The molecule has 1 aliphatic rings. The van der Waals surface area contributed by atoms with E-state index in [4.69, 9.17) is 15.2 Å². The smallest absolute Gasteiger partial charge is 0.407 e. The van der Waals surface area contributed by atoms with Gasteiger partial charge in [-0.15, -0.1) is 0 Å². The molecule has 0 unspecified atom stereocenters. The van der Waals surface area contributed by atoms with Crippen molar-refractivity contribution in [2.45, 2.75) is 58.7 Å². The van der Waals surface area contributed by atoms with Crippen LogP contribution in [0.5, 0.6) is 5.75 Å². The van der Waals surface area contributed by atoms with Gasteiger partial charge in [-0.1, -0.05) is 12.1 Å². The van der Waals surface area contributed by atoms with E-state index in [0.717, 1.165) is 24.2 Å². The Morgan fingerprint density at radius 2 is 1.85 bits per heavy atom. The SMILES string of the molecule is CCOc1ccc(CNC(=O)c2cnc(N3CCC(NC(=O)OC(C)(C)C)CC3)nc2N)cc1. The number of nitrogens with zero attached hydrogens (tertiary/aromatic N) is 3. The third-order valence-electron chi connectivity index (χ3n) is 5.24. The minimum absolute atomic E-state index is 0.0242. The number of hydrogen-bond acceptors (Lipinski definition) is 8. The first-order valence-electron chi connectivity index (χ1n) is 11.5. The summed E-state index contributed by atoms with van der Waals surface area (Å²) in [5, 5.41) is 5.75. The van der Waals surface area contributed by atoms with Crippen molar-refractivity contribution < 1.29 is 19.1 Å². The normalized spacial score (nSPS) is 14.4. The molecule has 34 heavy (non-hydrogen) atoms. The lowest BCUT2D eigenvalue weighted by atomic mass is 10.1. The fourth-order valence-electron chi connectivity index (χ4n) is 3.56. The second kappa shape index (κ2) is 11.0. The lowest BCUT2D eigenvalue weighted by molar-refractivity contribution is 0.0497. The zero-order valence-corrected chi connectivity index (χ0v) is 20.3. The number of nitrogen functional groups attached to an aromatic ring is 1. The molecule has 1 fully saturated rings. The van der Waals surface area contributed by atoms with Crippen molar-refractivity contribution in [1.29, 1.82) is 0 Å². The van der Waals surface area contributed by atoms with Crippen molar-refractivity contribution in [3.8, 4) is 5.75 Å². The highest BCUT2D eigenvalue weighted by Gasteiger charge is 2.25. The lowest BCUT2D eigenvalue weighted by Crippen LogP contribution is -2.46. The van der Waals surface area contributed by atoms with Crippen molar-refractivity contribution in [2.75, 3.05) is 30.3 Å². The Morgan fingerprint density at radius 3 is 2.44 bits per heavy atom. The van der Waals surface area contributed by atoms with Gasteiger partial charge in [0.2, 0.25) is 5.95 Å². The number of hydrogen-bond donors (Lipinski definition) is 3. The van der Waals surface area contributed by atoms with E-state index in [-0.39, 0.29) is 23.3 Å². The molecular weight excluding hydrogens is 436 g/mol. The van der Waals surface area contributed by atoms with Gasteiger partial charge in [-0.25, -0.2) is 9.78 Å². The third kappa shape index (κ3) is 7.23. The van der Waals surface area contributed by atoms with Gasteiger partial charge in [0.15, 0.2) is 0 Å². The van der Waals surface area contributed by atoms with Crippen LogP contribution in [0.2, 0.25) is 0 Å². The summed E-state index contributed by atoms with van der Waals surface area (Å²) in [6.45, 7) is 9.70. The molecule has 0 radical (unpaired) electrons. The highest BCUT2D eigenvalue weighted by Crippen LogP contribution is 2.19. The van der Waals surface area contributed by atoms with Crippen LogP contribution in [0.4, 0.5) is 16.6 Å². The Balaban J connectivity index is 1.50. The fourth-order valence-corrected chi connectivity index (χ4v) is 3.56. The molecule has 0 aliphatic carbocycles. The molecule has 2 amide bonds. The number of rotatable bonds is 7. The first kappa shape index (κ1) is 25.1. The van der Waals surface area contributed by atoms with Gasteiger partial charge >= 0.3 is 6.09 Å². The first-order valence-corrected chi connectivity index (χ1v) is 11.5. The summed E-state index contributed by atoms with van der Waals surface area (Å²) in [5.74, 6) is 1.05. The Kier molecular flexibility index (Phi) is 8.14. The van der Waals surface area contributed by atoms with Crippen LogP contribution in [-0.4, -0.2) is 53.3 Å². The molecular formula is C24H34N6O4. The van der Waals surface area contributed by atoms with Gasteiger partial charge in [-0.05, 0) is 58.2 Å². The summed E-state index contributed by atoms with van der Waals surface area (Å²) >= 11 is 0. The number of aromatic nitrogens is 2. The molecule has 0 spiro atoms. The molecule has 2 aromatic rings. The molecule has 4 N–H and O–H groups in total. The molecule has 2 heterocycles. The summed E-state index contributed by atoms with van der Waals surface area (Å²) in [7, 11) is 0. The van der Waals surface area contributed by atoms with Gasteiger partial charge < -0.3 is 30.7 Å². The van der Waals surface area contributed by atoms with Gasteiger partial charge in [0.25, 0.3) is 5.91 Å². The highest BCUT2D eigenvalue weighted by atomic mass is 16.6. The van der Waals surface area contributed by atoms with E-state index < -0.39 is 11.7 Å². The fraction of sp³-hybridized carbons (Fsp3) is 0.500. The van der Waals surface area contributed by atoms with E-state index in [9.17, 15) is 9.59 Å². The standard InChI is InChI=1S/C24H34N6O4/c1-5-33-18-8-6-16(7-9-18)14-26-21(31)19-15-27-22(29-20(19)25)30-12-10-17(11-13-30)28-23(32)34-24(2,3)4/h6-9,15,17H,5,10-14H2,1-4H3,(H,26,31)(H,28,32)(H2,25,27,29). The number of alkyl carbamates (subject to hydrolysis) is 1. The van der Waals surface area contributed by atoms with Crippen molar-refractivity contribution in [3.63, 3.8) is 0 Å². The molecule has 1 aromatic heterocycles. The Morgan fingerprint density at radius 1 is 1.18 bits per heavy atom. The Hall–Kier alpha value is -3.56. The number of ether oxygens (including phenoxy) is 2. The first-order chi connectivity index (χ1) is 16.1. The number of carbonyl (C=O) groups excluding carboxylic acids is 2. The van der Waals surface area contributed by atoms with Crippen LogP contribution in [0.25, 0.3) is 0 Å². The Labute approximate surface area is 200 Å². The van der Waals surface area contributed by atoms with Gasteiger partial charge in [0.05, 0.1) is 12.2 Å². The van der Waals surface area contributed by atoms with Crippen LogP contribution < -0.4 is 26.0 Å². The summed E-state index contributed by atoms with van der Waals surface area (Å²) in [6, 6.07) is 7.55. The average molecular weight is 471 g/mol. The quantitative estimate of drug-likeness (QED) is 0.563. The average Bonchev–Trinajstić information content (AvgIpc) is 2.78. The number of anilines is 2. The third-order valence-corrected chi connectivity index (χ3v) is 5.24. The van der Waals surface area contributed by atoms with Crippen LogP contribution in [0.1, 0.15) is 56.5 Å². The van der Waals surface area contributed by atoms with E-state index >= 15 is 0 Å². The van der Waals surface area contributed by atoms with Gasteiger partial charge in [-0.3, -0.25) is 4.79 Å². The van der Waals surface area contributed by atoms with E-state index in [1.165, 1.54) is 6.20 Å². The predicted molar refractivity (Wildman–Crippen MR) is 130 cm³/mol. The van der Waals surface area contributed by atoms with E-state index in [1.807, 2.05) is 56.9 Å². The minimum Gasteiger partial charge on any atom is -0.494 e. The topological polar surface area (TPSA) is 132 Å². The molecule has 184 valence electrons. The van der Waals surface area contributed by atoms with Crippen LogP contribution in [0, 0.1) is 0 Å². The maximum Gasteiger partial charge on any atom is 0.407 e. The van der Waals surface area contributed by atoms with E-state index in [0.29, 0.717) is 32.2 Å². The van der Waals surface area contributed by atoms with Crippen molar-refractivity contribution in [3.05, 3.63) is 41.6 Å². The zero-order chi connectivity index (χ0) is 24.7. The van der Waals surface area contributed by atoms with Crippen LogP contribution >= 0.6 is 0 Å². The van der Waals surface area contributed by atoms with Gasteiger partial charge in [0.1, 0.15) is 17.2 Å². The van der Waals surface area contributed by atoms with Crippen molar-refractivity contribution in [2.24, 2.45) is 0 Å². The minimum atomic E-state index is -0.529. The van der Waals surface area contributed by atoms with Crippen LogP contribution in [0.15, 0.2) is 30.5 Å². The molecule has 1 saturated heterocycles. The monoisotopic (exact) mass is 470 g/mol. The molecule has 0 atom stereocenters. The summed E-state index contributed by atoms with van der Waals surface area (Å²) in [5.41, 5.74) is 6.72. The largest absolute Gasteiger partial charge is 0.494 e. The Bertz CT molecular complexity index is 982. The van der Waals surface area contributed by atoms with Crippen molar-refractivity contribution >= 4 is 23.8 Å². The van der Waals surface area contributed by atoms with Crippen LogP contribution in [0.3, 0.4) is 0 Å². The summed E-state index contributed by atoms with van der Waals surface area (Å²) in [4.78, 5) is 35.2.